The van der Waals surface area contributed by atoms with Crippen molar-refractivity contribution in [3.05, 3.63) is 42.0 Å². The highest BCUT2D eigenvalue weighted by atomic mass is 16.5. The van der Waals surface area contributed by atoms with Gasteiger partial charge in [0.25, 0.3) is 0 Å². The fourth-order valence-electron chi connectivity index (χ4n) is 1.88. The Morgan fingerprint density at radius 2 is 2.05 bits per heavy atom. The lowest BCUT2D eigenvalue weighted by Gasteiger charge is -2.12. The van der Waals surface area contributed by atoms with Crippen LogP contribution in [0.3, 0.4) is 0 Å². The first kappa shape index (κ1) is 17.1. The predicted octanol–water partition coefficient (Wildman–Crippen LogP) is 3.11. The molecule has 1 aromatic rings. The van der Waals surface area contributed by atoms with Crippen molar-refractivity contribution in [3.8, 4) is 5.75 Å². The lowest BCUT2D eigenvalue weighted by Crippen LogP contribution is -2.37. The second-order valence-corrected chi connectivity index (χ2v) is 4.52. The summed E-state index contributed by atoms with van der Waals surface area (Å²) in [7, 11) is 0. The van der Waals surface area contributed by atoms with Gasteiger partial charge in [0.2, 0.25) is 0 Å². The van der Waals surface area contributed by atoms with E-state index in [1.807, 2.05) is 32.0 Å². The highest BCUT2D eigenvalue weighted by molar-refractivity contribution is 5.79. The number of nitrogens with zero attached hydrogens (tertiary/aromatic N) is 1. The fraction of sp³-hybridized carbons (Fsp3) is 0.471. The number of hydrogen-bond acceptors (Lipinski definition) is 2. The summed E-state index contributed by atoms with van der Waals surface area (Å²) in [4.78, 5) is 4.61. The van der Waals surface area contributed by atoms with Gasteiger partial charge in [-0.1, -0.05) is 30.4 Å². The van der Waals surface area contributed by atoms with Crippen LogP contribution in [0.5, 0.6) is 5.75 Å². The summed E-state index contributed by atoms with van der Waals surface area (Å²) in [6, 6.07) is 8.04. The van der Waals surface area contributed by atoms with E-state index in [9.17, 15) is 0 Å². The molecule has 116 valence electrons. The van der Waals surface area contributed by atoms with Crippen molar-refractivity contribution in [2.75, 3.05) is 19.7 Å². The largest absolute Gasteiger partial charge is 0.494 e. The van der Waals surface area contributed by atoms with E-state index >= 15 is 0 Å². The highest BCUT2D eigenvalue weighted by Gasteiger charge is 2.02. The van der Waals surface area contributed by atoms with Crippen LogP contribution >= 0.6 is 0 Å². The molecule has 1 rings (SSSR count). The molecule has 2 N–H and O–H groups in total. The van der Waals surface area contributed by atoms with E-state index in [4.69, 9.17) is 4.74 Å². The molecule has 0 heterocycles. The molecule has 0 aliphatic rings. The first-order valence-corrected chi connectivity index (χ1v) is 7.65. The number of nitrogens with one attached hydrogen (secondary N) is 2. The molecular weight excluding hydrogens is 262 g/mol. The van der Waals surface area contributed by atoms with Gasteiger partial charge in [0.15, 0.2) is 5.96 Å². The number of ether oxygens (including phenoxy) is 1. The molecule has 0 fully saturated rings. The van der Waals surface area contributed by atoms with Gasteiger partial charge in [0.1, 0.15) is 5.75 Å². The van der Waals surface area contributed by atoms with Crippen LogP contribution in [0, 0.1) is 0 Å². The van der Waals surface area contributed by atoms with Crippen LogP contribution in [0.15, 0.2) is 41.4 Å². The number of allylic oxidation sites excluding steroid dienone is 1. The number of para-hydroxylation sites is 1. The smallest absolute Gasteiger partial charge is 0.191 e. The van der Waals surface area contributed by atoms with Gasteiger partial charge < -0.3 is 15.4 Å². The Hall–Kier alpha value is -1.97. The standard InChI is InChI=1S/C17H27N3O/c1-4-7-10-13-19-17(18-5-2)20-14-15-11-8-9-12-16(15)21-6-3/h4,7-9,11-12H,5-6,10,13-14H2,1-3H3,(H2,18,19,20)/b7-4+. The molecule has 0 radical (unpaired) electrons. The van der Waals surface area contributed by atoms with Gasteiger partial charge in [-0.05, 0) is 33.3 Å². The Morgan fingerprint density at radius 3 is 2.76 bits per heavy atom. The lowest BCUT2D eigenvalue weighted by molar-refractivity contribution is 0.336. The second kappa shape index (κ2) is 10.8. The van der Waals surface area contributed by atoms with Gasteiger partial charge in [0, 0.05) is 18.7 Å². The molecule has 0 aliphatic heterocycles. The van der Waals surface area contributed by atoms with Crippen LogP contribution < -0.4 is 15.4 Å². The molecular formula is C17H27N3O. The van der Waals surface area contributed by atoms with Gasteiger partial charge in [0.05, 0.1) is 13.2 Å². The minimum Gasteiger partial charge on any atom is -0.494 e. The van der Waals surface area contributed by atoms with E-state index in [2.05, 4.69) is 40.8 Å². The maximum Gasteiger partial charge on any atom is 0.191 e. The summed E-state index contributed by atoms with van der Waals surface area (Å²) in [5.74, 6) is 1.75. The molecule has 0 amide bonds. The number of hydrogen-bond donors (Lipinski definition) is 2. The maximum atomic E-state index is 5.62. The van der Waals surface area contributed by atoms with Crippen molar-refractivity contribution in [2.24, 2.45) is 4.99 Å². The van der Waals surface area contributed by atoms with Crippen molar-refractivity contribution < 1.29 is 4.74 Å². The van der Waals surface area contributed by atoms with Gasteiger partial charge in [-0.15, -0.1) is 0 Å². The van der Waals surface area contributed by atoms with Crippen LogP contribution in [-0.4, -0.2) is 25.7 Å². The molecule has 0 atom stereocenters. The lowest BCUT2D eigenvalue weighted by atomic mass is 10.2. The molecule has 0 saturated carbocycles. The summed E-state index contributed by atoms with van der Waals surface area (Å²) in [6.45, 7) is 9.09. The Balaban J connectivity index is 2.64. The second-order valence-electron chi connectivity index (χ2n) is 4.52. The summed E-state index contributed by atoms with van der Waals surface area (Å²) >= 11 is 0. The molecule has 4 nitrogen and oxygen atoms in total. The molecule has 0 bridgehead atoms. The van der Waals surface area contributed by atoms with Crippen molar-refractivity contribution in [1.82, 2.24) is 10.6 Å². The average molecular weight is 289 g/mol. The normalized spacial score (nSPS) is 11.7. The Bertz CT molecular complexity index is 455. The van der Waals surface area contributed by atoms with Crippen molar-refractivity contribution in [2.45, 2.75) is 33.7 Å². The molecule has 4 heteroatoms. The van der Waals surface area contributed by atoms with Gasteiger partial charge >= 0.3 is 0 Å². The first-order valence-electron chi connectivity index (χ1n) is 7.65. The van der Waals surface area contributed by atoms with Crippen molar-refractivity contribution in [1.29, 1.82) is 0 Å². The Labute approximate surface area is 128 Å². The van der Waals surface area contributed by atoms with Crippen molar-refractivity contribution >= 4 is 5.96 Å². The van der Waals surface area contributed by atoms with Crippen LogP contribution in [0.2, 0.25) is 0 Å². The van der Waals surface area contributed by atoms with Crippen LogP contribution in [0.4, 0.5) is 0 Å². The van der Waals surface area contributed by atoms with Gasteiger partial charge in [-0.25, -0.2) is 4.99 Å². The number of aliphatic imine (C=N–C) groups is 1. The highest BCUT2D eigenvalue weighted by Crippen LogP contribution is 2.18. The van der Waals surface area contributed by atoms with Crippen LogP contribution in [-0.2, 0) is 6.54 Å². The zero-order valence-electron chi connectivity index (χ0n) is 13.4. The van der Waals surface area contributed by atoms with E-state index in [-0.39, 0.29) is 0 Å². The molecule has 0 aliphatic carbocycles. The number of benzene rings is 1. The zero-order chi connectivity index (χ0) is 15.3. The van der Waals surface area contributed by atoms with E-state index in [0.717, 1.165) is 36.8 Å². The molecule has 1 aromatic carbocycles. The minimum absolute atomic E-state index is 0.606. The SMILES string of the molecule is C/C=C/CCNC(=NCc1ccccc1OCC)NCC. The summed E-state index contributed by atoms with van der Waals surface area (Å²) < 4.78 is 5.62. The summed E-state index contributed by atoms with van der Waals surface area (Å²) in [6.07, 6.45) is 5.20. The molecule has 0 saturated heterocycles. The third-order valence-corrected chi connectivity index (χ3v) is 2.86. The first-order chi connectivity index (χ1) is 10.3. The zero-order valence-corrected chi connectivity index (χ0v) is 13.4. The van der Waals surface area contributed by atoms with E-state index in [1.165, 1.54) is 0 Å². The minimum atomic E-state index is 0.606. The topological polar surface area (TPSA) is 45.7 Å². The molecule has 0 spiro atoms. The molecule has 21 heavy (non-hydrogen) atoms. The van der Waals surface area contributed by atoms with E-state index in [0.29, 0.717) is 13.2 Å². The number of rotatable bonds is 8. The Morgan fingerprint density at radius 1 is 1.24 bits per heavy atom. The summed E-state index contributed by atoms with van der Waals surface area (Å²) in [5.41, 5.74) is 1.10. The maximum absolute atomic E-state index is 5.62. The van der Waals surface area contributed by atoms with Crippen LogP contribution in [0.25, 0.3) is 0 Å². The molecule has 0 unspecified atom stereocenters. The van der Waals surface area contributed by atoms with Gasteiger partial charge in [-0.3, -0.25) is 0 Å². The Kier molecular flexibility index (Phi) is 8.76. The number of guanidine groups is 1. The molecule has 0 aromatic heterocycles. The van der Waals surface area contributed by atoms with E-state index in [1.54, 1.807) is 0 Å². The predicted molar refractivity (Wildman–Crippen MR) is 89.9 cm³/mol. The van der Waals surface area contributed by atoms with E-state index < -0.39 is 0 Å². The average Bonchev–Trinajstić information content (AvgIpc) is 2.50. The monoisotopic (exact) mass is 289 g/mol. The third-order valence-electron chi connectivity index (χ3n) is 2.86. The fourth-order valence-corrected chi connectivity index (χ4v) is 1.88. The van der Waals surface area contributed by atoms with Crippen LogP contribution in [0.1, 0.15) is 32.8 Å². The van der Waals surface area contributed by atoms with Gasteiger partial charge in [-0.2, -0.15) is 0 Å². The third kappa shape index (κ3) is 6.84. The quantitative estimate of drug-likeness (QED) is 0.334. The summed E-state index contributed by atoms with van der Waals surface area (Å²) in [5, 5.41) is 6.58. The van der Waals surface area contributed by atoms with Crippen molar-refractivity contribution in [3.63, 3.8) is 0 Å².